The number of anilines is 1. The first-order chi connectivity index (χ1) is 8.93. The molecule has 0 saturated carbocycles. The molecule has 0 saturated heterocycles. The number of benzene rings is 1. The van der Waals surface area contributed by atoms with Crippen molar-refractivity contribution < 1.29 is 9.59 Å². The molecular weight excluding hydrogens is 308 g/mol. The summed E-state index contributed by atoms with van der Waals surface area (Å²) >= 11 is 3.32. The maximum atomic E-state index is 11.8. The highest BCUT2D eigenvalue weighted by molar-refractivity contribution is 9.10. The van der Waals surface area contributed by atoms with Gasteiger partial charge in [0.25, 0.3) is 0 Å². The first kappa shape index (κ1) is 15.7. The van der Waals surface area contributed by atoms with E-state index >= 15 is 0 Å². The Kier molecular flexibility index (Phi) is 6.02. The zero-order valence-electron chi connectivity index (χ0n) is 11.4. The normalized spacial score (nSPS) is 13.5. The Labute approximate surface area is 122 Å². The average Bonchev–Trinajstić information content (AvgIpc) is 2.37. The van der Waals surface area contributed by atoms with Gasteiger partial charge < -0.3 is 10.6 Å². The van der Waals surface area contributed by atoms with Crippen molar-refractivity contribution in [2.75, 3.05) is 5.32 Å². The van der Waals surface area contributed by atoms with Gasteiger partial charge in [-0.15, -0.1) is 0 Å². The summed E-state index contributed by atoms with van der Waals surface area (Å²) in [5.74, 6) is -0.139. The summed E-state index contributed by atoms with van der Waals surface area (Å²) < 4.78 is 0. The predicted octanol–water partition coefficient (Wildman–Crippen LogP) is 3.00. The third kappa shape index (κ3) is 5.03. The van der Waals surface area contributed by atoms with Crippen molar-refractivity contribution in [2.24, 2.45) is 0 Å². The van der Waals surface area contributed by atoms with Crippen LogP contribution in [-0.2, 0) is 9.59 Å². The Morgan fingerprint density at radius 2 is 2.05 bits per heavy atom. The van der Waals surface area contributed by atoms with Crippen LogP contribution < -0.4 is 10.6 Å². The number of nitrogens with one attached hydrogen (secondary N) is 2. The Morgan fingerprint density at radius 1 is 1.37 bits per heavy atom. The van der Waals surface area contributed by atoms with Gasteiger partial charge in [0, 0.05) is 12.6 Å². The highest BCUT2D eigenvalue weighted by Crippen LogP contribution is 2.18. The molecule has 0 aliphatic carbocycles. The molecule has 5 heteroatoms. The zero-order chi connectivity index (χ0) is 14.4. The minimum absolute atomic E-state index is 0.0278. The van der Waals surface area contributed by atoms with E-state index in [1.54, 1.807) is 0 Å². The molecule has 0 radical (unpaired) electrons. The van der Waals surface area contributed by atoms with Crippen molar-refractivity contribution in [3.05, 3.63) is 29.8 Å². The number of carbonyl (C=O) groups excluding carboxylic acids is 2. The molecule has 2 N–H and O–H groups in total. The summed E-state index contributed by atoms with van der Waals surface area (Å²) in [5.41, 5.74) is 1.69. The summed E-state index contributed by atoms with van der Waals surface area (Å²) in [6.07, 6.45) is 0.741. The van der Waals surface area contributed by atoms with E-state index in [4.69, 9.17) is 0 Å². The molecule has 0 aliphatic heterocycles. The smallest absolute Gasteiger partial charge is 0.234 e. The van der Waals surface area contributed by atoms with Crippen molar-refractivity contribution >= 4 is 33.4 Å². The second-order valence-corrected chi connectivity index (χ2v) is 5.52. The Bertz CT molecular complexity index is 463. The van der Waals surface area contributed by atoms with Crippen LogP contribution in [0.2, 0.25) is 0 Å². The van der Waals surface area contributed by atoms with Crippen molar-refractivity contribution in [1.82, 2.24) is 5.32 Å². The van der Waals surface area contributed by atoms with E-state index in [0.717, 1.165) is 17.7 Å². The summed E-state index contributed by atoms with van der Waals surface area (Å²) in [6.45, 7) is 5.33. The second kappa shape index (κ2) is 7.28. The van der Waals surface area contributed by atoms with Gasteiger partial charge in [0.05, 0.1) is 10.9 Å². The van der Waals surface area contributed by atoms with Crippen LogP contribution in [0.3, 0.4) is 0 Å². The number of rotatable bonds is 5. The fourth-order valence-electron chi connectivity index (χ4n) is 1.66. The summed E-state index contributed by atoms with van der Waals surface area (Å²) in [4.78, 5) is 22.6. The average molecular weight is 327 g/mol. The predicted molar refractivity (Wildman–Crippen MR) is 80.3 cm³/mol. The number of hydrogen-bond donors (Lipinski definition) is 2. The molecule has 2 amide bonds. The zero-order valence-corrected chi connectivity index (χ0v) is 13.0. The molecule has 19 heavy (non-hydrogen) atoms. The molecule has 2 atom stereocenters. The Morgan fingerprint density at radius 3 is 2.63 bits per heavy atom. The van der Waals surface area contributed by atoms with Crippen molar-refractivity contribution in [1.29, 1.82) is 0 Å². The summed E-state index contributed by atoms with van der Waals surface area (Å²) in [6, 6.07) is 7.35. The third-order valence-electron chi connectivity index (χ3n) is 2.71. The van der Waals surface area contributed by atoms with E-state index in [-0.39, 0.29) is 22.7 Å². The minimum Gasteiger partial charge on any atom is -0.349 e. The van der Waals surface area contributed by atoms with Crippen LogP contribution in [0.25, 0.3) is 0 Å². The SMILES string of the molecule is CCC(Br)C(=O)NC(C)c1cccc(NC(C)=O)c1. The maximum Gasteiger partial charge on any atom is 0.234 e. The van der Waals surface area contributed by atoms with Crippen LogP contribution in [0.1, 0.15) is 38.8 Å². The van der Waals surface area contributed by atoms with Gasteiger partial charge in [0.15, 0.2) is 0 Å². The van der Waals surface area contributed by atoms with Crippen LogP contribution in [0.15, 0.2) is 24.3 Å². The molecule has 4 nitrogen and oxygen atoms in total. The molecular formula is C14H19BrN2O2. The van der Waals surface area contributed by atoms with Crippen molar-refractivity contribution in [2.45, 2.75) is 38.1 Å². The van der Waals surface area contributed by atoms with Crippen LogP contribution >= 0.6 is 15.9 Å². The van der Waals surface area contributed by atoms with Crippen LogP contribution in [0, 0.1) is 0 Å². The molecule has 2 unspecified atom stereocenters. The highest BCUT2D eigenvalue weighted by Gasteiger charge is 2.15. The maximum absolute atomic E-state index is 11.8. The van der Waals surface area contributed by atoms with E-state index in [2.05, 4.69) is 26.6 Å². The Balaban J connectivity index is 2.74. The van der Waals surface area contributed by atoms with Crippen LogP contribution in [0.5, 0.6) is 0 Å². The van der Waals surface area contributed by atoms with Crippen LogP contribution in [0.4, 0.5) is 5.69 Å². The van der Waals surface area contributed by atoms with Crippen molar-refractivity contribution in [3.8, 4) is 0 Å². The minimum atomic E-state index is -0.173. The van der Waals surface area contributed by atoms with Gasteiger partial charge >= 0.3 is 0 Å². The van der Waals surface area contributed by atoms with Crippen molar-refractivity contribution in [3.63, 3.8) is 0 Å². The molecule has 104 valence electrons. The number of alkyl halides is 1. The van der Waals surface area contributed by atoms with Gasteiger partial charge in [-0.25, -0.2) is 0 Å². The third-order valence-corrected chi connectivity index (χ3v) is 3.77. The van der Waals surface area contributed by atoms with Gasteiger partial charge in [-0.2, -0.15) is 0 Å². The topological polar surface area (TPSA) is 58.2 Å². The molecule has 1 aromatic carbocycles. The van der Waals surface area contributed by atoms with E-state index in [1.165, 1.54) is 6.92 Å². The fraction of sp³-hybridized carbons (Fsp3) is 0.429. The van der Waals surface area contributed by atoms with Gasteiger partial charge in [0.1, 0.15) is 0 Å². The lowest BCUT2D eigenvalue weighted by molar-refractivity contribution is -0.121. The first-order valence-corrected chi connectivity index (χ1v) is 7.17. The fourth-order valence-corrected chi connectivity index (χ4v) is 1.79. The molecule has 0 aliphatic rings. The van der Waals surface area contributed by atoms with E-state index in [0.29, 0.717) is 0 Å². The summed E-state index contributed by atoms with van der Waals surface area (Å²) in [5, 5.41) is 5.66. The van der Waals surface area contributed by atoms with Gasteiger partial charge in [0.2, 0.25) is 11.8 Å². The monoisotopic (exact) mass is 326 g/mol. The first-order valence-electron chi connectivity index (χ1n) is 6.26. The van der Waals surface area contributed by atoms with E-state index < -0.39 is 0 Å². The summed E-state index contributed by atoms with van der Waals surface area (Å²) in [7, 11) is 0. The molecule has 0 fully saturated rings. The highest BCUT2D eigenvalue weighted by atomic mass is 79.9. The molecule has 1 rings (SSSR count). The molecule has 0 spiro atoms. The molecule has 0 bridgehead atoms. The second-order valence-electron chi connectivity index (χ2n) is 4.41. The van der Waals surface area contributed by atoms with E-state index in [1.807, 2.05) is 38.1 Å². The largest absolute Gasteiger partial charge is 0.349 e. The molecule has 0 aromatic heterocycles. The quantitative estimate of drug-likeness (QED) is 0.817. The van der Waals surface area contributed by atoms with Gasteiger partial charge in [-0.3, -0.25) is 9.59 Å². The molecule has 0 heterocycles. The van der Waals surface area contributed by atoms with Crippen LogP contribution in [-0.4, -0.2) is 16.6 Å². The lowest BCUT2D eigenvalue weighted by atomic mass is 10.1. The number of amides is 2. The standard InChI is InChI=1S/C14H19BrN2O2/c1-4-13(15)14(19)16-9(2)11-6-5-7-12(8-11)17-10(3)18/h5-9,13H,4H2,1-3H3,(H,16,19)(H,17,18). The number of halogens is 1. The lowest BCUT2D eigenvalue weighted by Gasteiger charge is -2.17. The Hall–Kier alpha value is -1.36. The van der Waals surface area contributed by atoms with Gasteiger partial charge in [-0.05, 0) is 31.0 Å². The lowest BCUT2D eigenvalue weighted by Crippen LogP contribution is -2.32. The molecule has 1 aromatic rings. The van der Waals surface area contributed by atoms with Gasteiger partial charge in [-0.1, -0.05) is 35.0 Å². The number of carbonyl (C=O) groups is 2. The number of hydrogen-bond acceptors (Lipinski definition) is 2. The van der Waals surface area contributed by atoms with E-state index in [9.17, 15) is 9.59 Å².